The maximum absolute atomic E-state index is 13.8. The van der Waals surface area contributed by atoms with Gasteiger partial charge in [0.2, 0.25) is 11.8 Å². The van der Waals surface area contributed by atoms with Crippen LogP contribution in [0, 0.1) is 11.8 Å². The van der Waals surface area contributed by atoms with Gasteiger partial charge >= 0.3 is 24.5 Å². The number of hydrogen-bond acceptors (Lipinski definition) is 8. The number of alkyl carbamates (subject to hydrolysis) is 2. The molecule has 0 spiro atoms. The molecule has 330 valence electrons. The second-order valence-electron chi connectivity index (χ2n) is 15.7. The Balaban J connectivity index is 1.08. The normalized spacial score (nSPS) is 18.1. The molecule has 5 aromatic rings. The topological polar surface area (TPSA) is 175 Å². The molecular weight excluding hydrogens is 827 g/mol. The van der Waals surface area contributed by atoms with E-state index in [1.165, 1.54) is 12.4 Å². The molecule has 2 fully saturated rings. The molecule has 62 heavy (non-hydrogen) atoms. The van der Waals surface area contributed by atoms with Crippen molar-refractivity contribution in [1.82, 2.24) is 40.4 Å². The third-order valence-corrected chi connectivity index (χ3v) is 11.4. The number of nitrogens with one attached hydrogen (secondary N) is 4. The molecule has 4 atom stereocenters. The largest absolute Gasteiger partial charge is 0.453 e. The molecule has 2 aliphatic rings. The fraction of sp³-hybridized carbons (Fsp3) is 0.429. The number of nitrogens with zero attached hydrogens (tertiary/aromatic N) is 4. The summed E-state index contributed by atoms with van der Waals surface area (Å²) < 4.78 is 91.8. The number of methoxy groups -OCH3 is 2. The molecule has 20 heteroatoms. The number of halogens is 6. The lowest BCUT2D eigenvalue weighted by molar-refractivity contribution is -0.290. The van der Waals surface area contributed by atoms with Crippen LogP contribution in [0.3, 0.4) is 0 Å². The highest BCUT2D eigenvalue weighted by Crippen LogP contribution is 2.43. The van der Waals surface area contributed by atoms with Crippen LogP contribution >= 0.6 is 0 Å². The molecule has 0 saturated carbocycles. The minimum atomic E-state index is -5.91. The van der Waals surface area contributed by atoms with Crippen molar-refractivity contribution in [2.45, 2.75) is 76.1 Å². The van der Waals surface area contributed by atoms with Crippen LogP contribution in [0.25, 0.3) is 44.3 Å². The first-order valence-electron chi connectivity index (χ1n) is 19.9. The number of aromatic amines is 2. The number of alkyl halides is 6. The van der Waals surface area contributed by atoms with Gasteiger partial charge in [0.05, 0.1) is 48.4 Å². The Morgan fingerprint density at radius 3 is 1.42 bits per heavy atom. The number of ether oxygens (including phenoxy) is 2. The maximum atomic E-state index is 13.8. The number of aromatic nitrogens is 4. The molecule has 4 N–H and O–H groups in total. The summed E-state index contributed by atoms with van der Waals surface area (Å²) in [6, 6.07) is 13.9. The number of imidazole rings is 2. The van der Waals surface area contributed by atoms with Crippen LogP contribution < -0.4 is 10.6 Å². The Morgan fingerprint density at radius 1 is 0.645 bits per heavy atom. The van der Waals surface area contributed by atoms with E-state index in [-0.39, 0.29) is 43.1 Å². The second kappa shape index (κ2) is 17.2. The van der Waals surface area contributed by atoms with E-state index in [9.17, 15) is 45.5 Å². The first-order valence-corrected chi connectivity index (χ1v) is 19.9. The lowest BCUT2D eigenvalue weighted by Crippen LogP contribution is -2.59. The van der Waals surface area contributed by atoms with Gasteiger partial charge in [0.25, 0.3) is 0 Å². The van der Waals surface area contributed by atoms with Crippen LogP contribution in [0.1, 0.15) is 63.3 Å². The summed E-state index contributed by atoms with van der Waals surface area (Å²) >= 11 is 0. The molecule has 4 heterocycles. The predicted octanol–water partition coefficient (Wildman–Crippen LogP) is 7.95. The summed E-state index contributed by atoms with van der Waals surface area (Å²) in [5.41, 5.74) is 5.94. The van der Waals surface area contributed by atoms with E-state index in [1.807, 2.05) is 62.4 Å². The average Bonchev–Trinajstić information content (AvgIpc) is 4.06. The number of hydrogen-bond donors (Lipinski definition) is 4. The van der Waals surface area contributed by atoms with Crippen molar-refractivity contribution in [2.75, 3.05) is 27.3 Å². The van der Waals surface area contributed by atoms with Gasteiger partial charge in [0, 0.05) is 13.1 Å². The molecule has 2 aliphatic heterocycles. The number of likely N-dealkylation sites (tertiary alicyclic amines) is 2. The smallest absolute Gasteiger partial charge is 0.407 e. The Kier molecular flexibility index (Phi) is 12.1. The summed E-state index contributed by atoms with van der Waals surface area (Å²) in [7, 11) is 2.01. The first kappa shape index (κ1) is 43.7. The zero-order valence-corrected chi connectivity index (χ0v) is 34.0. The number of carbonyl (C=O) groups excluding carboxylic acids is 4. The second-order valence-corrected chi connectivity index (χ2v) is 15.7. The van der Waals surface area contributed by atoms with Gasteiger partial charge in [-0.15, -0.1) is 0 Å². The minimum Gasteiger partial charge on any atom is -0.453 e. The van der Waals surface area contributed by atoms with Crippen molar-refractivity contribution in [1.29, 1.82) is 0 Å². The predicted molar refractivity (Wildman–Crippen MR) is 213 cm³/mol. The molecule has 0 bridgehead atoms. The fourth-order valence-electron chi connectivity index (χ4n) is 8.31. The van der Waals surface area contributed by atoms with Crippen LogP contribution in [0.15, 0.2) is 60.7 Å². The zero-order valence-electron chi connectivity index (χ0n) is 34.0. The van der Waals surface area contributed by atoms with Crippen LogP contribution in [-0.4, -0.2) is 105 Å². The van der Waals surface area contributed by atoms with Gasteiger partial charge in [-0.05, 0) is 78.1 Å². The lowest BCUT2D eigenvalue weighted by atomic mass is 9.96. The van der Waals surface area contributed by atoms with Gasteiger partial charge in [-0.3, -0.25) is 9.59 Å². The van der Waals surface area contributed by atoms with Gasteiger partial charge in [-0.2, -0.15) is 26.3 Å². The fourth-order valence-corrected chi connectivity index (χ4v) is 8.31. The Hall–Kier alpha value is -6.34. The average molecular weight is 871 g/mol. The summed E-state index contributed by atoms with van der Waals surface area (Å²) in [5.74, 6) is -5.29. The summed E-state index contributed by atoms with van der Waals surface area (Å²) in [4.78, 5) is 69.5. The number of benzene rings is 3. The molecule has 3 aromatic carbocycles. The Bertz CT molecular complexity index is 2450. The molecular formula is C42H44F6N8O6. The van der Waals surface area contributed by atoms with E-state index < -0.39 is 54.5 Å². The van der Waals surface area contributed by atoms with Crippen molar-refractivity contribution in [3.05, 3.63) is 72.3 Å². The van der Waals surface area contributed by atoms with Gasteiger partial charge in [0.1, 0.15) is 23.7 Å². The van der Waals surface area contributed by atoms with E-state index >= 15 is 0 Å². The Labute approximate surface area is 350 Å². The summed E-state index contributed by atoms with van der Waals surface area (Å²) in [6.45, 7) is 4.08. The van der Waals surface area contributed by atoms with E-state index in [0.29, 0.717) is 29.8 Å². The molecule has 0 radical (unpaired) electrons. The van der Waals surface area contributed by atoms with Crippen molar-refractivity contribution < 1.29 is 55.0 Å². The highest BCUT2D eigenvalue weighted by atomic mass is 19.4. The van der Waals surface area contributed by atoms with Gasteiger partial charge in [0.15, 0.2) is 5.92 Å². The number of H-pyrrole nitrogens is 2. The van der Waals surface area contributed by atoms with Crippen molar-refractivity contribution >= 4 is 46.1 Å². The molecule has 0 aliphatic carbocycles. The van der Waals surface area contributed by atoms with Gasteiger partial charge in [-0.1, -0.05) is 50.2 Å². The third kappa shape index (κ3) is 8.85. The van der Waals surface area contributed by atoms with Crippen LogP contribution in [0.4, 0.5) is 35.9 Å². The summed E-state index contributed by atoms with van der Waals surface area (Å²) in [5, 5.41) is 4.14. The highest BCUT2D eigenvalue weighted by Gasteiger charge is 2.63. The minimum absolute atomic E-state index is 0.162. The number of rotatable bonds is 10. The zero-order chi connectivity index (χ0) is 44.7. The SMILES string of the molecule is COC(=O)N[C@H](C(=O)N1CCC[C@H]1c1nc2ccc(-c3ccc(-c4ccc5nc([C@@H]6CCCN6C(=O)[C@@H](NC(=O)OC)C(C(F)(F)F)C(F)(F)F)[nH]c5c4)cc3)cc2[nH]1)C(C)C. The third-order valence-electron chi connectivity index (χ3n) is 11.4. The van der Waals surface area contributed by atoms with Crippen molar-refractivity contribution in [2.24, 2.45) is 11.8 Å². The Morgan fingerprint density at radius 2 is 1.03 bits per heavy atom. The quantitative estimate of drug-likeness (QED) is 0.102. The van der Waals surface area contributed by atoms with E-state index in [4.69, 9.17) is 9.72 Å². The van der Waals surface area contributed by atoms with Gasteiger partial charge < -0.3 is 39.9 Å². The maximum Gasteiger partial charge on any atom is 0.407 e. The molecule has 7 rings (SSSR count). The van der Waals surface area contributed by atoms with Crippen LogP contribution in [-0.2, 0) is 19.1 Å². The van der Waals surface area contributed by atoms with Crippen LogP contribution in [0.2, 0.25) is 0 Å². The van der Waals surface area contributed by atoms with Gasteiger partial charge in [-0.25, -0.2) is 19.6 Å². The lowest BCUT2D eigenvalue weighted by Gasteiger charge is -2.34. The summed E-state index contributed by atoms with van der Waals surface area (Å²) in [6.07, 6.45) is -12.2. The molecule has 2 saturated heterocycles. The molecule has 2 aromatic heterocycles. The van der Waals surface area contributed by atoms with E-state index in [2.05, 4.69) is 25.0 Å². The van der Waals surface area contributed by atoms with E-state index in [0.717, 1.165) is 51.7 Å². The molecule has 0 unspecified atom stereocenters. The van der Waals surface area contributed by atoms with Crippen LogP contribution in [0.5, 0.6) is 0 Å². The number of fused-ring (bicyclic) bond motifs is 2. The highest BCUT2D eigenvalue weighted by molar-refractivity contribution is 5.89. The molecule has 4 amide bonds. The van der Waals surface area contributed by atoms with E-state index in [1.54, 1.807) is 17.0 Å². The monoisotopic (exact) mass is 870 g/mol. The van der Waals surface area contributed by atoms with Crippen molar-refractivity contribution in [3.63, 3.8) is 0 Å². The van der Waals surface area contributed by atoms with Crippen molar-refractivity contribution in [3.8, 4) is 22.3 Å². The first-order chi connectivity index (χ1) is 29.4. The number of amides is 4. The molecule has 14 nitrogen and oxygen atoms in total. The number of carbonyl (C=O) groups is 4. The standard InChI is InChI=1S/C42H44F6N8O6/c1-21(2)32(53-39(59)61-3)37(57)55-17-5-7-30(55)35-49-26-15-13-24(19-28(26)51-35)22-9-11-23(12-10-22)25-14-16-27-29(20-25)52-36(50-27)31-8-6-18-56(31)38(58)33(54-40(60)62-4)34(41(43,44)45)42(46,47)48/h9-16,19-21,30-34H,5-8,17-18H2,1-4H3,(H,49,51)(H,50,52)(H,53,59)(H,54,60)/t30-,31-,32-,33-/m0/s1.